The van der Waals surface area contributed by atoms with Crippen molar-refractivity contribution in [2.24, 2.45) is 0 Å². The molecule has 1 aliphatic rings. The maximum atomic E-state index is 11.8. The predicted octanol–water partition coefficient (Wildman–Crippen LogP) is 2.26. The number of carbonyl (C=O) groups is 1. The summed E-state index contributed by atoms with van der Waals surface area (Å²) < 4.78 is 0. The minimum atomic E-state index is -0.721. The normalized spacial score (nSPS) is 18.0. The van der Waals surface area contributed by atoms with Crippen LogP contribution in [0.1, 0.15) is 18.4 Å². The molecule has 1 amide bonds. The Morgan fingerprint density at radius 3 is 2.58 bits per heavy atom. The number of thioether (sulfide) groups is 1. The molecule has 0 aliphatic carbocycles. The first kappa shape index (κ1) is 14.7. The van der Waals surface area contributed by atoms with Gasteiger partial charge in [0.1, 0.15) is 0 Å². The highest BCUT2D eigenvalue weighted by Crippen LogP contribution is 2.26. The maximum absolute atomic E-state index is 11.8. The standard InChI is InChI=1S/C14H18ClNO2S/c15-12-3-1-11(2-4-12)9-13(17)16-10-14(18)5-7-19-8-6-14/h1-4,18H,5-10H2,(H,16,17). The Kier molecular flexibility index (Phi) is 5.13. The van der Waals surface area contributed by atoms with Gasteiger partial charge in [0.15, 0.2) is 0 Å². The number of halogens is 1. The van der Waals surface area contributed by atoms with Crippen molar-refractivity contribution in [3.63, 3.8) is 0 Å². The summed E-state index contributed by atoms with van der Waals surface area (Å²) in [6.07, 6.45) is 1.82. The van der Waals surface area contributed by atoms with Gasteiger partial charge in [-0.2, -0.15) is 11.8 Å². The summed E-state index contributed by atoms with van der Waals surface area (Å²) in [6.45, 7) is 0.347. The van der Waals surface area contributed by atoms with E-state index in [-0.39, 0.29) is 5.91 Å². The van der Waals surface area contributed by atoms with Crippen molar-refractivity contribution < 1.29 is 9.90 Å². The Labute approximate surface area is 122 Å². The molecule has 0 radical (unpaired) electrons. The molecule has 1 aromatic carbocycles. The Bertz CT molecular complexity index is 430. The van der Waals surface area contributed by atoms with Crippen LogP contribution < -0.4 is 5.32 Å². The van der Waals surface area contributed by atoms with Gasteiger partial charge in [-0.25, -0.2) is 0 Å². The summed E-state index contributed by atoms with van der Waals surface area (Å²) in [5.41, 5.74) is 0.203. The van der Waals surface area contributed by atoms with Gasteiger partial charge in [-0.05, 0) is 42.0 Å². The zero-order valence-corrected chi connectivity index (χ0v) is 12.3. The van der Waals surface area contributed by atoms with E-state index >= 15 is 0 Å². The Morgan fingerprint density at radius 2 is 1.95 bits per heavy atom. The second-order valence-corrected chi connectivity index (χ2v) is 6.58. The molecule has 1 heterocycles. The molecule has 1 aliphatic heterocycles. The van der Waals surface area contributed by atoms with Crippen molar-refractivity contribution in [3.05, 3.63) is 34.9 Å². The lowest BCUT2D eigenvalue weighted by Crippen LogP contribution is -2.45. The van der Waals surface area contributed by atoms with Gasteiger partial charge in [-0.15, -0.1) is 0 Å². The molecule has 1 fully saturated rings. The van der Waals surface area contributed by atoms with Crippen LogP contribution in [-0.4, -0.2) is 34.7 Å². The van der Waals surface area contributed by atoms with Crippen molar-refractivity contribution in [3.8, 4) is 0 Å². The third-order valence-electron chi connectivity index (χ3n) is 3.32. The lowest BCUT2D eigenvalue weighted by atomic mass is 9.97. The molecule has 0 unspecified atom stereocenters. The van der Waals surface area contributed by atoms with E-state index in [4.69, 9.17) is 11.6 Å². The van der Waals surface area contributed by atoms with Crippen molar-refractivity contribution in [2.45, 2.75) is 24.9 Å². The van der Waals surface area contributed by atoms with Crippen molar-refractivity contribution in [1.29, 1.82) is 0 Å². The summed E-state index contributed by atoms with van der Waals surface area (Å²) in [5.74, 6) is 1.86. The summed E-state index contributed by atoms with van der Waals surface area (Å²) in [7, 11) is 0. The van der Waals surface area contributed by atoms with Crippen LogP contribution in [0.3, 0.4) is 0 Å². The van der Waals surface area contributed by atoms with E-state index in [0.717, 1.165) is 29.9 Å². The third kappa shape index (κ3) is 4.71. The van der Waals surface area contributed by atoms with Gasteiger partial charge >= 0.3 is 0 Å². The zero-order valence-electron chi connectivity index (χ0n) is 10.7. The molecule has 1 aromatic rings. The van der Waals surface area contributed by atoms with Crippen LogP contribution in [0.15, 0.2) is 24.3 Å². The first-order chi connectivity index (χ1) is 9.07. The fourth-order valence-corrected chi connectivity index (χ4v) is 3.42. The van der Waals surface area contributed by atoms with Gasteiger partial charge in [0.2, 0.25) is 5.91 Å². The Morgan fingerprint density at radius 1 is 1.32 bits per heavy atom. The van der Waals surface area contributed by atoms with E-state index in [9.17, 15) is 9.90 Å². The van der Waals surface area contributed by atoms with E-state index in [2.05, 4.69) is 5.32 Å². The van der Waals surface area contributed by atoms with Crippen LogP contribution in [0.5, 0.6) is 0 Å². The smallest absolute Gasteiger partial charge is 0.224 e. The molecule has 0 spiro atoms. The van der Waals surface area contributed by atoms with E-state index in [1.165, 1.54) is 0 Å². The average molecular weight is 300 g/mol. The topological polar surface area (TPSA) is 49.3 Å². The van der Waals surface area contributed by atoms with Crippen LogP contribution in [0.25, 0.3) is 0 Å². The SMILES string of the molecule is O=C(Cc1ccc(Cl)cc1)NCC1(O)CCSCC1. The molecular formula is C14H18ClNO2S. The van der Waals surface area contributed by atoms with E-state index < -0.39 is 5.60 Å². The number of nitrogens with one attached hydrogen (secondary N) is 1. The fourth-order valence-electron chi connectivity index (χ4n) is 2.04. The fraction of sp³-hybridized carbons (Fsp3) is 0.500. The molecule has 0 aromatic heterocycles. The highest BCUT2D eigenvalue weighted by atomic mass is 35.5. The summed E-state index contributed by atoms with van der Waals surface area (Å²) in [6, 6.07) is 7.23. The predicted molar refractivity (Wildman–Crippen MR) is 79.7 cm³/mol. The number of amides is 1. The molecule has 2 N–H and O–H groups in total. The second kappa shape index (κ2) is 6.64. The minimum absolute atomic E-state index is 0.0611. The first-order valence-electron chi connectivity index (χ1n) is 6.39. The first-order valence-corrected chi connectivity index (χ1v) is 7.92. The van der Waals surface area contributed by atoms with Gasteiger partial charge in [0, 0.05) is 11.6 Å². The minimum Gasteiger partial charge on any atom is -0.388 e. The van der Waals surface area contributed by atoms with E-state index in [0.29, 0.717) is 18.0 Å². The highest BCUT2D eigenvalue weighted by Gasteiger charge is 2.29. The Balaban J connectivity index is 1.79. The second-order valence-electron chi connectivity index (χ2n) is 4.92. The quantitative estimate of drug-likeness (QED) is 0.896. The molecule has 19 heavy (non-hydrogen) atoms. The zero-order chi connectivity index (χ0) is 13.7. The number of benzene rings is 1. The average Bonchev–Trinajstić information content (AvgIpc) is 2.40. The van der Waals surface area contributed by atoms with E-state index in [1.54, 1.807) is 12.1 Å². The number of rotatable bonds is 4. The number of carbonyl (C=O) groups excluding carboxylic acids is 1. The molecule has 5 heteroatoms. The Hall–Kier alpha value is -0.710. The van der Waals surface area contributed by atoms with Gasteiger partial charge in [0.05, 0.1) is 12.0 Å². The van der Waals surface area contributed by atoms with Gasteiger partial charge < -0.3 is 10.4 Å². The molecule has 0 atom stereocenters. The van der Waals surface area contributed by atoms with Gasteiger partial charge in [0.25, 0.3) is 0 Å². The third-order valence-corrected chi connectivity index (χ3v) is 4.55. The van der Waals surface area contributed by atoms with Gasteiger partial charge in [-0.3, -0.25) is 4.79 Å². The number of hydrogen-bond donors (Lipinski definition) is 2. The van der Waals surface area contributed by atoms with E-state index in [1.807, 2.05) is 23.9 Å². The van der Waals surface area contributed by atoms with Crippen LogP contribution in [0.4, 0.5) is 0 Å². The lowest BCUT2D eigenvalue weighted by Gasteiger charge is -2.31. The molecule has 0 saturated carbocycles. The van der Waals surface area contributed by atoms with Crippen molar-refractivity contribution in [2.75, 3.05) is 18.1 Å². The molecule has 2 rings (SSSR count). The van der Waals surface area contributed by atoms with Crippen LogP contribution in [-0.2, 0) is 11.2 Å². The van der Waals surface area contributed by atoms with Crippen LogP contribution in [0.2, 0.25) is 5.02 Å². The summed E-state index contributed by atoms with van der Waals surface area (Å²) in [4.78, 5) is 11.8. The van der Waals surface area contributed by atoms with Crippen molar-refractivity contribution >= 4 is 29.3 Å². The largest absolute Gasteiger partial charge is 0.388 e. The molecular weight excluding hydrogens is 282 g/mol. The molecule has 0 bridgehead atoms. The highest BCUT2D eigenvalue weighted by molar-refractivity contribution is 7.99. The number of hydrogen-bond acceptors (Lipinski definition) is 3. The van der Waals surface area contributed by atoms with Crippen LogP contribution >= 0.6 is 23.4 Å². The van der Waals surface area contributed by atoms with Crippen molar-refractivity contribution in [1.82, 2.24) is 5.32 Å². The summed E-state index contributed by atoms with van der Waals surface area (Å²) >= 11 is 7.64. The molecule has 3 nitrogen and oxygen atoms in total. The van der Waals surface area contributed by atoms with Gasteiger partial charge in [-0.1, -0.05) is 23.7 Å². The summed E-state index contributed by atoms with van der Waals surface area (Å²) in [5, 5.41) is 13.8. The molecule has 1 saturated heterocycles. The van der Waals surface area contributed by atoms with Crippen LogP contribution in [0, 0.1) is 0 Å². The maximum Gasteiger partial charge on any atom is 0.224 e. The number of aliphatic hydroxyl groups is 1. The lowest BCUT2D eigenvalue weighted by molar-refractivity contribution is -0.121. The monoisotopic (exact) mass is 299 g/mol. The molecule has 104 valence electrons.